The first-order valence-electron chi connectivity index (χ1n) is 8.59. The number of hydrogen-bond acceptors (Lipinski definition) is 3. The van der Waals surface area contributed by atoms with Crippen molar-refractivity contribution in [1.82, 2.24) is 15.6 Å². The normalized spacial score (nSPS) is 21.6. The molecule has 2 N–H and O–H groups in total. The van der Waals surface area contributed by atoms with Crippen molar-refractivity contribution in [2.24, 2.45) is 10.9 Å². The lowest BCUT2D eigenvalue weighted by atomic mass is 9.83. The zero-order valence-electron chi connectivity index (χ0n) is 14.6. The first kappa shape index (κ1) is 20.7. The van der Waals surface area contributed by atoms with Crippen LogP contribution >= 0.6 is 35.3 Å². The van der Waals surface area contributed by atoms with Gasteiger partial charge in [-0.05, 0) is 38.5 Å². The van der Waals surface area contributed by atoms with E-state index in [1.807, 2.05) is 13.2 Å². The second-order valence-electron chi connectivity index (χ2n) is 6.26. The maximum Gasteiger partial charge on any atom is 0.191 e. The maximum absolute atomic E-state index is 4.40. The van der Waals surface area contributed by atoms with Crippen molar-refractivity contribution in [3.05, 3.63) is 16.1 Å². The van der Waals surface area contributed by atoms with Gasteiger partial charge in [-0.2, -0.15) is 0 Å². The molecule has 0 atom stereocenters. The van der Waals surface area contributed by atoms with Crippen LogP contribution in [0.15, 0.2) is 11.2 Å². The van der Waals surface area contributed by atoms with Gasteiger partial charge in [-0.3, -0.25) is 4.99 Å². The summed E-state index contributed by atoms with van der Waals surface area (Å²) < 4.78 is 0. The molecule has 0 saturated heterocycles. The van der Waals surface area contributed by atoms with E-state index in [9.17, 15) is 0 Å². The van der Waals surface area contributed by atoms with E-state index in [2.05, 4.69) is 34.5 Å². The average Bonchev–Trinajstić information content (AvgIpc) is 2.94. The molecule has 0 spiro atoms. The molecule has 1 fully saturated rings. The lowest BCUT2D eigenvalue weighted by Gasteiger charge is -2.30. The van der Waals surface area contributed by atoms with Crippen LogP contribution in [0.1, 0.15) is 55.3 Å². The summed E-state index contributed by atoms with van der Waals surface area (Å²) in [6.45, 7) is 5.28. The Morgan fingerprint density at radius 2 is 2.09 bits per heavy atom. The molecule has 0 unspecified atom stereocenters. The molecule has 1 heterocycles. The zero-order valence-corrected chi connectivity index (χ0v) is 17.7. The molecule has 0 radical (unpaired) electrons. The number of guanidine groups is 1. The predicted molar refractivity (Wildman–Crippen MR) is 111 cm³/mol. The van der Waals surface area contributed by atoms with Gasteiger partial charge < -0.3 is 10.6 Å². The van der Waals surface area contributed by atoms with Gasteiger partial charge in [0.05, 0.1) is 5.01 Å². The molecular weight excluding hydrogens is 419 g/mol. The van der Waals surface area contributed by atoms with Gasteiger partial charge in [0.15, 0.2) is 5.96 Å². The third kappa shape index (κ3) is 7.37. The van der Waals surface area contributed by atoms with Crippen molar-refractivity contribution in [3.8, 4) is 0 Å². The summed E-state index contributed by atoms with van der Waals surface area (Å²) in [6.07, 6.45) is 10.9. The summed E-state index contributed by atoms with van der Waals surface area (Å²) in [4.78, 5) is 10.0. The van der Waals surface area contributed by atoms with Crippen molar-refractivity contribution in [1.29, 1.82) is 0 Å². The van der Waals surface area contributed by atoms with Crippen LogP contribution in [0.25, 0.3) is 0 Å². The van der Waals surface area contributed by atoms with Crippen LogP contribution < -0.4 is 10.6 Å². The van der Waals surface area contributed by atoms with Crippen LogP contribution in [0, 0.1) is 12.8 Å². The van der Waals surface area contributed by atoms with Gasteiger partial charge in [-0.25, -0.2) is 4.98 Å². The summed E-state index contributed by atoms with van der Waals surface area (Å²) in [5, 5.41) is 8.19. The first-order valence-corrected chi connectivity index (χ1v) is 9.41. The quantitative estimate of drug-likeness (QED) is 0.389. The molecule has 1 aromatic rings. The summed E-state index contributed by atoms with van der Waals surface area (Å²) in [6, 6.07) is 0.585. The fraction of sp³-hybridized carbons (Fsp3) is 0.765. The summed E-state index contributed by atoms with van der Waals surface area (Å²) in [7, 11) is 1.85. The number of aromatic nitrogens is 1. The Morgan fingerprint density at radius 1 is 1.35 bits per heavy atom. The molecule has 23 heavy (non-hydrogen) atoms. The van der Waals surface area contributed by atoms with Crippen LogP contribution in [0.5, 0.6) is 0 Å². The minimum Gasteiger partial charge on any atom is -0.356 e. The van der Waals surface area contributed by atoms with E-state index in [1.54, 1.807) is 11.3 Å². The second kappa shape index (κ2) is 11.2. The molecule has 1 aromatic heterocycles. The number of rotatable bonds is 6. The monoisotopic (exact) mass is 450 g/mol. The van der Waals surface area contributed by atoms with Gasteiger partial charge in [-0.1, -0.05) is 19.8 Å². The van der Waals surface area contributed by atoms with E-state index in [1.165, 1.54) is 48.4 Å². The molecule has 0 aliphatic heterocycles. The standard InChI is InChI=1S/C17H30N4S.HI/c1-4-5-14-6-8-15(9-7-14)21-17(18-3)19-11-10-16-20-12-13(2)22-16;/h12,14-15H,4-11H2,1-3H3,(H2,18,19,21);1H. The van der Waals surface area contributed by atoms with Crippen molar-refractivity contribution in [2.45, 2.75) is 64.8 Å². The van der Waals surface area contributed by atoms with E-state index in [0.717, 1.165) is 24.8 Å². The lowest BCUT2D eigenvalue weighted by Crippen LogP contribution is -2.45. The highest BCUT2D eigenvalue weighted by Crippen LogP contribution is 2.27. The minimum atomic E-state index is 0. The third-order valence-electron chi connectivity index (χ3n) is 4.41. The van der Waals surface area contributed by atoms with Gasteiger partial charge in [0.25, 0.3) is 0 Å². The smallest absolute Gasteiger partial charge is 0.191 e. The SMILES string of the molecule is CCCC1CCC(NC(=NC)NCCc2ncc(C)s2)CC1.I. The Morgan fingerprint density at radius 3 is 2.65 bits per heavy atom. The van der Waals surface area contributed by atoms with Gasteiger partial charge in [0.2, 0.25) is 0 Å². The van der Waals surface area contributed by atoms with E-state index in [4.69, 9.17) is 0 Å². The first-order chi connectivity index (χ1) is 10.7. The molecule has 6 heteroatoms. The highest BCUT2D eigenvalue weighted by atomic mass is 127. The number of thiazole rings is 1. The Hall–Kier alpha value is -0.370. The molecule has 2 rings (SSSR count). The molecular formula is C17H31IN4S. The molecule has 0 amide bonds. The molecule has 1 aliphatic carbocycles. The van der Waals surface area contributed by atoms with Crippen LogP contribution in [0.2, 0.25) is 0 Å². The van der Waals surface area contributed by atoms with Gasteiger partial charge in [0, 0.05) is 37.1 Å². The third-order valence-corrected chi connectivity index (χ3v) is 5.38. The van der Waals surface area contributed by atoms with Crippen molar-refractivity contribution >= 4 is 41.3 Å². The largest absolute Gasteiger partial charge is 0.356 e. The Bertz CT molecular complexity index is 467. The highest BCUT2D eigenvalue weighted by Gasteiger charge is 2.21. The highest BCUT2D eigenvalue weighted by molar-refractivity contribution is 14.0. The van der Waals surface area contributed by atoms with Gasteiger partial charge >= 0.3 is 0 Å². The Labute approximate surface area is 162 Å². The van der Waals surface area contributed by atoms with Crippen LogP contribution in [-0.2, 0) is 6.42 Å². The van der Waals surface area contributed by atoms with Crippen molar-refractivity contribution in [3.63, 3.8) is 0 Å². The van der Waals surface area contributed by atoms with E-state index in [-0.39, 0.29) is 24.0 Å². The zero-order chi connectivity index (χ0) is 15.8. The number of aliphatic imine (C=N–C) groups is 1. The molecule has 0 aromatic carbocycles. The summed E-state index contributed by atoms with van der Waals surface area (Å²) in [5.74, 6) is 1.89. The topological polar surface area (TPSA) is 49.3 Å². The predicted octanol–water partition coefficient (Wildman–Crippen LogP) is 4.14. The van der Waals surface area contributed by atoms with Crippen LogP contribution in [0.3, 0.4) is 0 Å². The van der Waals surface area contributed by atoms with Crippen LogP contribution in [0.4, 0.5) is 0 Å². The number of aryl methyl sites for hydroxylation is 1. The van der Waals surface area contributed by atoms with Crippen molar-refractivity contribution < 1.29 is 0 Å². The molecule has 0 bridgehead atoms. The maximum atomic E-state index is 4.40. The second-order valence-corrected chi connectivity index (χ2v) is 7.58. The minimum absolute atomic E-state index is 0. The van der Waals surface area contributed by atoms with Crippen molar-refractivity contribution in [2.75, 3.05) is 13.6 Å². The average molecular weight is 450 g/mol. The Kier molecular flexibility index (Phi) is 10.1. The van der Waals surface area contributed by atoms with E-state index in [0.29, 0.717) is 6.04 Å². The van der Waals surface area contributed by atoms with E-state index < -0.39 is 0 Å². The van der Waals surface area contributed by atoms with E-state index >= 15 is 0 Å². The molecule has 132 valence electrons. The fourth-order valence-electron chi connectivity index (χ4n) is 3.20. The van der Waals surface area contributed by atoms with Gasteiger partial charge in [0.1, 0.15) is 0 Å². The number of nitrogens with one attached hydrogen (secondary N) is 2. The van der Waals surface area contributed by atoms with Gasteiger partial charge in [-0.15, -0.1) is 35.3 Å². The number of halogens is 1. The summed E-state index contributed by atoms with van der Waals surface area (Å²) >= 11 is 1.78. The lowest BCUT2D eigenvalue weighted by molar-refractivity contribution is 0.295. The Balaban J connectivity index is 0.00000264. The fourth-order valence-corrected chi connectivity index (χ4v) is 3.98. The van der Waals surface area contributed by atoms with Crippen LogP contribution in [-0.4, -0.2) is 30.6 Å². The number of hydrogen-bond donors (Lipinski definition) is 2. The molecule has 1 aliphatic rings. The summed E-state index contributed by atoms with van der Waals surface area (Å²) in [5.41, 5.74) is 0. The molecule has 1 saturated carbocycles. The molecule has 4 nitrogen and oxygen atoms in total. The number of nitrogens with zero attached hydrogens (tertiary/aromatic N) is 2.